The van der Waals surface area contributed by atoms with Crippen LogP contribution in [0.25, 0.3) is 0 Å². The first-order valence-electron chi connectivity index (χ1n) is 10.6. The Bertz CT molecular complexity index is 375. The molecular weight excluding hydrogens is 370 g/mol. The van der Waals surface area contributed by atoms with Crippen molar-refractivity contribution in [2.75, 3.05) is 13.1 Å². The zero-order valence-electron chi connectivity index (χ0n) is 17.0. The minimum atomic E-state index is 0. The average Bonchev–Trinajstić information content (AvgIpc) is 2.63. The Morgan fingerprint density at radius 3 is 1.64 bits per heavy atom. The van der Waals surface area contributed by atoms with Crippen LogP contribution in [0.5, 0.6) is 0 Å². The van der Waals surface area contributed by atoms with Gasteiger partial charge in [-0.05, 0) is 25.1 Å². The van der Waals surface area contributed by atoms with Crippen molar-refractivity contribution in [2.24, 2.45) is 0 Å². The molecule has 1 aromatic rings. The van der Waals surface area contributed by atoms with Crippen LogP contribution in [0.15, 0.2) is 30.3 Å². The van der Waals surface area contributed by atoms with Gasteiger partial charge in [-0.25, -0.2) is 0 Å². The second kappa shape index (κ2) is 17.1. The van der Waals surface area contributed by atoms with Crippen molar-refractivity contribution in [3.63, 3.8) is 0 Å². The van der Waals surface area contributed by atoms with E-state index in [2.05, 4.69) is 56.0 Å². The van der Waals surface area contributed by atoms with Crippen LogP contribution in [0.1, 0.15) is 103 Å². The van der Waals surface area contributed by atoms with Crippen LogP contribution in [0, 0.1) is 0 Å². The largest absolute Gasteiger partial charge is 0.297 e. The Morgan fingerprint density at radius 2 is 1.16 bits per heavy atom. The van der Waals surface area contributed by atoms with E-state index in [1.165, 1.54) is 76.2 Å². The Balaban J connectivity index is 0.00000576. The molecule has 146 valence electrons. The molecule has 0 spiro atoms. The molecule has 0 heterocycles. The fourth-order valence-corrected chi connectivity index (χ4v) is 3.72. The zero-order chi connectivity index (χ0) is 17.5. The van der Waals surface area contributed by atoms with Crippen molar-refractivity contribution in [2.45, 2.75) is 97.4 Å². The second-order valence-electron chi connectivity index (χ2n) is 7.12. The molecule has 1 unspecified atom stereocenters. The molecule has 1 aromatic carbocycles. The smallest absolute Gasteiger partial charge is 0.0347 e. The summed E-state index contributed by atoms with van der Waals surface area (Å²) in [4.78, 5) is 2.61. The zero-order valence-corrected chi connectivity index (χ0v) is 18.7. The third-order valence-electron chi connectivity index (χ3n) is 5.27. The summed E-state index contributed by atoms with van der Waals surface area (Å²) < 4.78 is 0. The standard InChI is InChI=1S/C23H41N.BrH/c1-4-7-8-9-10-11-12-13-14-18-21-23(24(5-2)6-3)22-19-16-15-17-20-22;/h15-17,19-20,23H,4-14,18,21H2,1-3H3;1H. The summed E-state index contributed by atoms with van der Waals surface area (Å²) in [6.45, 7) is 9.17. The first-order valence-corrected chi connectivity index (χ1v) is 10.6. The molecule has 0 aliphatic rings. The number of halogens is 1. The summed E-state index contributed by atoms with van der Waals surface area (Å²) in [5.74, 6) is 0. The molecule has 1 nitrogen and oxygen atoms in total. The van der Waals surface area contributed by atoms with E-state index in [-0.39, 0.29) is 17.0 Å². The monoisotopic (exact) mass is 411 g/mol. The fourth-order valence-electron chi connectivity index (χ4n) is 3.72. The van der Waals surface area contributed by atoms with Gasteiger partial charge in [-0.1, -0.05) is 115 Å². The fraction of sp³-hybridized carbons (Fsp3) is 0.739. The third-order valence-corrected chi connectivity index (χ3v) is 5.27. The Labute approximate surface area is 168 Å². The topological polar surface area (TPSA) is 3.24 Å². The molecule has 0 aliphatic heterocycles. The summed E-state index contributed by atoms with van der Waals surface area (Å²) >= 11 is 0. The molecule has 0 amide bonds. The van der Waals surface area contributed by atoms with Crippen molar-refractivity contribution in [3.8, 4) is 0 Å². The summed E-state index contributed by atoms with van der Waals surface area (Å²) in [6, 6.07) is 11.7. The van der Waals surface area contributed by atoms with E-state index in [0.717, 1.165) is 13.1 Å². The predicted octanol–water partition coefficient (Wildman–Crippen LogP) is 7.96. The van der Waals surface area contributed by atoms with Gasteiger partial charge < -0.3 is 0 Å². The number of hydrogen-bond acceptors (Lipinski definition) is 1. The normalized spacial score (nSPS) is 12.2. The van der Waals surface area contributed by atoms with Gasteiger partial charge in [0.05, 0.1) is 0 Å². The van der Waals surface area contributed by atoms with E-state index in [1.54, 1.807) is 0 Å². The SMILES string of the molecule is Br.CCCCCCCCCCCCC(c1ccccc1)N(CC)CC. The van der Waals surface area contributed by atoms with E-state index in [4.69, 9.17) is 0 Å². The number of benzene rings is 1. The van der Waals surface area contributed by atoms with E-state index >= 15 is 0 Å². The number of nitrogens with zero attached hydrogens (tertiary/aromatic N) is 1. The molecule has 0 saturated carbocycles. The second-order valence-corrected chi connectivity index (χ2v) is 7.12. The van der Waals surface area contributed by atoms with E-state index in [0.29, 0.717) is 6.04 Å². The maximum atomic E-state index is 2.61. The highest BCUT2D eigenvalue weighted by molar-refractivity contribution is 8.93. The van der Waals surface area contributed by atoms with Gasteiger partial charge in [-0.3, -0.25) is 4.90 Å². The van der Waals surface area contributed by atoms with E-state index in [9.17, 15) is 0 Å². The van der Waals surface area contributed by atoms with E-state index in [1.807, 2.05) is 0 Å². The van der Waals surface area contributed by atoms with Crippen LogP contribution in [0.4, 0.5) is 0 Å². The molecular formula is C23H42BrN. The van der Waals surface area contributed by atoms with Crippen molar-refractivity contribution in [1.29, 1.82) is 0 Å². The van der Waals surface area contributed by atoms with Gasteiger partial charge in [-0.15, -0.1) is 17.0 Å². The van der Waals surface area contributed by atoms with Gasteiger partial charge in [0.15, 0.2) is 0 Å². The summed E-state index contributed by atoms with van der Waals surface area (Å²) in [6.07, 6.45) is 15.5. The maximum absolute atomic E-state index is 2.61. The molecule has 1 atom stereocenters. The molecule has 1 rings (SSSR count). The molecule has 0 N–H and O–H groups in total. The van der Waals surface area contributed by atoms with Gasteiger partial charge in [0.25, 0.3) is 0 Å². The lowest BCUT2D eigenvalue weighted by atomic mass is 9.98. The Kier molecular flexibility index (Phi) is 16.9. The van der Waals surface area contributed by atoms with Gasteiger partial charge in [-0.2, -0.15) is 0 Å². The Hall–Kier alpha value is -0.340. The van der Waals surface area contributed by atoms with Crippen molar-refractivity contribution >= 4 is 17.0 Å². The highest BCUT2D eigenvalue weighted by Crippen LogP contribution is 2.26. The lowest BCUT2D eigenvalue weighted by Gasteiger charge is -2.30. The van der Waals surface area contributed by atoms with Crippen molar-refractivity contribution in [3.05, 3.63) is 35.9 Å². The molecule has 2 heteroatoms. The number of hydrogen-bond donors (Lipinski definition) is 0. The summed E-state index contributed by atoms with van der Waals surface area (Å²) in [7, 11) is 0. The summed E-state index contributed by atoms with van der Waals surface area (Å²) in [5, 5.41) is 0. The number of rotatable bonds is 15. The number of unbranched alkanes of at least 4 members (excludes halogenated alkanes) is 9. The molecule has 0 radical (unpaired) electrons. The average molecular weight is 413 g/mol. The van der Waals surface area contributed by atoms with Gasteiger partial charge in [0.2, 0.25) is 0 Å². The van der Waals surface area contributed by atoms with E-state index < -0.39 is 0 Å². The minimum absolute atomic E-state index is 0. The summed E-state index contributed by atoms with van der Waals surface area (Å²) in [5.41, 5.74) is 1.50. The molecule has 0 aliphatic carbocycles. The predicted molar refractivity (Wildman–Crippen MR) is 119 cm³/mol. The van der Waals surface area contributed by atoms with Crippen molar-refractivity contribution < 1.29 is 0 Å². The lowest BCUT2D eigenvalue weighted by molar-refractivity contribution is 0.204. The Morgan fingerprint density at radius 1 is 0.680 bits per heavy atom. The quantitative estimate of drug-likeness (QED) is 0.264. The van der Waals surface area contributed by atoms with Gasteiger partial charge in [0, 0.05) is 6.04 Å². The van der Waals surface area contributed by atoms with Crippen LogP contribution in [0.2, 0.25) is 0 Å². The third kappa shape index (κ3) is 11.1. The van der Waals surface area contributed by atoms with Crippen LogP contribution in [0.3, 0.4) is 0 Å². The molecule has 0 bridgehead atoms. The first kappa shape index (κ1) is 24.7. The maximum Gasteiger partial charge on any atom is 0.0347 e. The lowest BCUT2D eigenvalue weighted by Crippen LogP contribution is -2.28. The molecule has 0 fully saturated rings. The molecule has 0 aromatic heterocycles. The highest BCUT2D eigenvalue weighted by Gasteiger charge is 2.16. The first-order chi connectivity index (χ1) is 11.8. The van der Waals surface area contributed by atoms with Gasteiger partial charge in [0.1, 0.15) is 0 Å². The minimum Gasteiger partial charge on any atom is -0.297 e. The highest BCUT2D eigenvalue weighted by atomic mass is 79.9. The van der Waals surface area contributed by atoms with Crippen LogP contribution in [-0.2, 0) is 0 Å². The van der Waals surface area contributed by atoms with Gasteiger partial charge >= 0.3 is 0 Å². The molecule has 25 heavy (non-hydrogen) atoms. The van der Waals surface area contributed by atoms with Crippen molar-refractivity contribution in [1.82, 2.24) is 4.90 Å². The van der Waals surface area contributed by atoms with Crippen LogP contribution in [-0.4, -0.2) is 18.0 Å². The van der Waals surface area contributed by atoms with Crippen LogP contribution >= 0.6 is 17.0 Å². The van der Waals surface area contributed by atoms with Crippen LogP contribution < -0.4 is 0 Å². The molecule has 0 saturated heterocycles.